The summed E-state index contributed by atoms with van der Waals surface area (Å²) in [5.41, 5.74) is 2.26. The average molecular weight is 373 g/mol. The van der Waals surface area contributed by atoms with Gasteiger partial charge in [0.15, 0.2) is 23.1 Å². The largest absolute Gasteiger partial charge is 0.451 e. The highest BCUT2D eigenvalue weighted by Crippen LogP contribution is 2.28. The number of aromatic amines is 1. The molecule has 0 amide bonds. The summed E-state index contributed by atoms with van der Waals surface area (Å²) in [6.45, 7) is 0. The molecule has 1 heterocycles. The molecule has 4 nitrogen and oxygen atoms in total. The van der Waals surface area contributed by atoms with Crippen molar-refractivity contribution in [2.75, 3.05) is 0 Å². The fourth-order valence-electron chi connectivity index (χ4n) is 2.74. The maximum absolute atomic E-state index is 14.4. The number of nitrogens with one attached hydrogen (secondary N) is 1. The van der Waals surface area contributed by atoms with E-state index in [1.807, 2.05) is 24.3 Å². The van der Waals surface area contributed by atoms with Crippen LogP contribution in [0.25, 0.3) is 22.7 Å². The number of imidazole rings is 1. The first-order valence-corrected chi connectivity index (χ1v) is 8.43. The molecule has 0 fully saturated rings. The van der Waals surface area contributed by atoms with Crippen LogP contribution in [0.4, 0.5) is 8.78 Å². The van der Waals surface area contributed by atoms with Gasteiger partial charge in [0.2, 0.25) is 0 Å². The number of nitriles is 1. The second kappa shape index (κ2) is 7.33. The van der Waals surface area contributed by atoms with Gasteiger partial charge in [0.05, 0.1) is 16.6 Å². The van der Waals surface area contributed by atoms with E-state index in [1.54, 1.807) is 12.1 Å². The number of allylic oxidation sites excluding steroid dienone is 1. The average Bonchev–Trinajstić information content (AvgIpc) is 3.13. The molecule has 4 aromatic rings. The zero-order chi connectivity index (χ0) is 19.5. The van der Waals surface area contributed by atoms with Crippen molar-refractivity contribution in [2.24, 2.45) is 0 Å². The van der Waals surface area contributed by atoms with Gasteiger partial charge in [0.25, 0.3) is 0 Å². The number of fused-ring (bicyclic) bond motifs is 1. The van der Waals surface area contributed by atoms with E-state index in [0.717, 1.165) is 11.0 Å². The van der Waals surface area contributed by atoms with Crippen molar-refractivity contribution >= 4 is 22.7 Å². The SMILES string of the molecule is N#CC(=Cc1ccc(Oc2ccccc2F)c(F)c1)c1nc2ccccc2[nH]1. The van der Waals surface area contributed by atoms with Crippen LogP contribution >= 0.6 is 0 Å². The molecule has 0 radical (unpaired) electrons. The zero-order valence-electron chi connectivity index (χ0n) is 14.5. The number of hydrogen-bond acceptors (Lipinski definition) is 3. The van der Waals surface area contributed by atoms with Gasteiger partial charge in [0, 0.05) is 0 Å². The van der Waals surface area contributed by atoms with Crippen molar-refractivity contribution < 1.29 is 13.5 Å². The fraction of sp³-hybridized carbons (Fsp3) is 0. The minimum absolute atomic E-state index is 0.0651. The Morgan fingerprint density at radius 1 is 0.964 bits per heavy atom. The van der Waals surface area contributed by atoms with Gasteiger partial charge in [-0.1, -0.05) is 30.3 Å². The van der Waals surface area contributed by atoms with Crippen LogP contribution in [0.1, 0.15) is 11.4 Å². The second-order valence-corrected chi connectivity index (χ2v) is 5.99. The van der Waals surface area contributed by atoms with Crippen LogP contribution in [0.5, 0.6) is 11.5 Å². The number of H-pyrrole nitrogens is 1. The molecule has 0 saturated heterocycles. The molecule has 0 saturated carbocycles. The first-order chi connectivity index (χ1) is 13.6. The first kappa shape index (κ1) is 17.4. The van der Waals surface area contributed by atoms with E-state index in [4.69, 9.17) is 4.74 Å². The van der Waals surface area contributed by atoms with Crippen molar-refractivity contribution in [3.05, 3.63) is 89.8 Å². The van der Waals surface area contributed by atoms with Crippen LogP contribution in [0.3, 0.4) is 0 Å². The first-order valence-electron chi connectivity index (χ1n) is 8.43. The van der Waals surface area contributed by atoms with Gasteiger partial charge in [-0.05, 0) is 48.0 Å². The number of para-hydroxylation sites is 3. The monoisotopic (exact) mass is 373 g/mol. The Labute approximate surface area is 159 Å². The van der Waals surface area contributed by atoms with E-state index >= 15 is 0 Å². The lowest BCUT2D eigenvalue weighted by Crippen LogP contribution is -1.92. The molecule has 0 bridgehead atoms. The Morgan fingerprint density at radius 2 is 1.71 bits per heavy atom. The Morgan fingerprint density at radius 3 is 2.46 bits per heavy atom. The maximum atomic E-state index is 14.4. The molecular formula is C22H13F2N3O. The second-order valence-electron chi connectivity index (χ2n) is 5.99. The highest BCUT2D eigenvalue weighted by molar-refractivity contribution is 5.90. The van der Waals surface area contributed by atoms with Crippen LogP contribution in [-0.2, 0) is 0 Å². The number of hydrogen-bond donors (Lipinski definition) is 1. The van der Waals surface area contributed by atoms with E-state index in [2.05, 4.69) is 16.0 Å². The third-order valence-corrected chi connectivity index (χ3v) is 4.09. The molecule has 28 heavy (non-hydrogen) atoms. The predicted molar refractivity (Wildman–Crippen MR) is 102 cm³/mol. The summed E-state index contributed by atoms with van der Waals surface area (Å²) in [4.78, 5) is 7.45. The van der Waals surface area contributed by atoms with E-state index in [0.29, 0.717) is 11.4 Å². The quantitative estimate of drug-likeness (QED) is 0.467. The molecule has 0 spiro atoms. The summed E-state index contributed by atoms with van der Waals surface area (Å²) >= 11 is 0. The molecule has 4 rings (SSSR count). The van der Waals surface area contributed by atoms with Gasteiger partial charge >= 0.3 is 0 Å². The minimum atomic E-state index is -0.668. The summed E-state index contributed by atoms with van der Waals surface area (Å²) in [6, 6.07) is 19.4. The molecule has 6 heteroatoms. The van der Waals surface area contributed by atoms with Crippen LogP contribution in [0.15, 0.2) is 66.7 Å². The van der Waals surface area contributed by atoms with Gasteiger partial charge in [-0.15, -0.1) is 0 Å². The molecule has 1 N–H and O–H groups in total. The molecule has 136 valence electrons. The van der Waals surface area contributed by atoms with E-state index in [-0.39, 0.29) is 17.1 Å². The maximum Gasteiger partial charge on any atom is 0.166 e. The highest BCUT2D eigenvalue weighted by atomic mass is 19.1. The predicted octanol–water partition coefficient (Wildman–Crippen LogP) is 5.70. The molecule has 0 aliphatic rings. The summed E-state index contributed by atoms with van der Waals surface area (Å²) < 4.78 is 33.4. The van der Waals surface area contributed by atoms with Crippen LogP contribution in [0.2, 0.25) is 0 Å². The Balaban J connectivity index is 1.64. The lowest BCUT2D eigenvalue weighted by Gasteiger charge is -2.08. The third-order valence-electron chi connectivity index (χ3n) is 4.09. The standard InChI is InChI=1S/C22H13F2N3O/c23-16-5-1-4-8-20(16)28-21-10-9-14(12-17(21)24)11-15(13-25)22-26-18-6-2-3-7-19(18)27-22/h1-12H,(H,26,27). The number of rotatable bonds is 4. The third kappa shape index (κ3) is 3.46. The zero-order valence-corrected chi connectivity index (χ0v) is 14.5. The topological polar surface area (TPSA) is 61.7 Å². The lowest BCUT2D eigenvalue weighted by molar-refractivity contribution is 0.414. The molecule has 0 aliphatic carbocycles. The number of halogens is 2. The van der Waals surface area contributed by atoms with Crippen molar-refractivity contribution in [2.45, 2.75) is 0 Å². The Bertz CT molecular complexity index is 1200. The van der Waals surface area contributed by atoms with Crippen LogP contribution in [-0.4, -0.2) is 9.97 Å². The summed E-state index contributed by atoms with van der Waals surface area (Å²) in [6.07, 6.45) is 1.52. The Kier molecular flexibility index (Phi) is 4.56. The number of nitrogens with zero attached hydrogens (tertiary/aromatic N) is 2. The number of ether oxygens (including phenoxy) is 1. The molecule has 1 aromatic heterocycles. The van der Waals surface area contributed by atoms with Gasteiger partial charge in [-0.25, -0.2) is 13.8 Å². The van der Waals surface area contributed by atoms with Crippen molar-refractivity contribution in [3.63, 3.8) is 0 Å². The van der Waals surface area contributed by atoms with Crippen LogP contribution < -0.4 is 4.74 Å². The highest BCUT2D eigenvalue weighted by Gasteiger charge is 2.11. The molecule has 0 unspecified atom stereocenters. The number of aromatic nitrogens is 2. The fourth-order valence-corrected chi connectivity index (χ4v) is 2.74. The molecule has 0 atom stereocenters. The van der Waals surface area contributed by atoms with E-state index in [1.165, 1.54) is 36.4 Å². The lowest BCUT2D eigenvalue weighted by atomic mass is 10.1. The Hall–Kier alpha value is -3.98. The van der Waals surface area contributed by atoms with Crippen molar-refractivity contribution in [1.29, 1.82) is 5.26 Å². The normalized spacial score (nSPS) is 11.4. The number of benzene rings is 3. The van der Waals surface area contributed by atoms with Gasteiger partial charge in [0.1, 0.15) is 11.9 Å². The molecule has 3 aromatic carbocycles. The van der Waals surface area contributed by atoms with Gasteiger partial charge in [-0.3, -0.25) is 0 Å². The summed E-state index contributed by atoms with van der Waals surface area (Å²) in [5, 5.41) is 9.48. The summed E-state index contributed by atoms with van der Waals surface area (Å²) in [7, 11) is 0. The van der Waals surface area contributed by atoms with E-state index < -0.39 is 11.6 Å². The van der Waals surface area contributed by atoms with E-state index in [9.17, 15) is 14.0 Å². The van der Waals surface area contributed by atoms with Crippen molar-refractivity contribution in [1.82, 2.24) is 9.97 Å². The van der Waals surface area contributed by atoms with Crippen LogP contribution in [0, 0.1) is 23.0 Å². The molecule has 0 aliphatic heterocycles. The smallest absolute Gasteiger partial charge is 0.166 e. The van der Waals surface area contributed by atoms with Gasteiger partial charge < -0.3 is 9.72 Å². The summed E-state index contributed by atoms with van der Waals surface area (Å²) in [5.74, 6) is -1.02. The molecular weight excluding hydrogens is 360 g/mol. The minimum Gasteiger partial charge on any atom is -0.451 e. The van der Waals surface area contributed by atoms with Gasteiger partial charge in [-0.2, -0.15) is 5.26 Å². The van der Waals surface area contributed by atoms with Crippen molar-refractivity contribution in [3.8, 4) is 17.6 Å².